The summed E-state index contributed by atoms with van der Waals surface area (Å²) < 4.78 is 4.50. The number of hydrogen-bond acceptors (Lipinski definition) is 1. The number of guanidine groups is 1. The van der Waals surface area contributed by atoms with E-state index in [1.165, 1.54) is 0 Å². The van der Waals surface area contributed by atoms with Crippen LogP contribution in [0.15, 0.2) is 4.40 Å². The molecule has 0 aromatic heterocycles. The molecule has 0 amide bonds. The maximum atomic E-state index is 5.79. The summed E-state index contributed by atoms with van der Waals surface area (Å²) in [5.74, 6) is 1.75. The van der Waals surface area contributed by atoms with Crippen molar-refractivity contribution in [3.05, 3.63) is 0 Å². The van der Waals surface area contributed by atoms with Crippen LogP contribution in [0.25, 0.3) is 0 Å². The van der Waals surface area contributed by atoms with Gasteiger partial charge in [-0.2, -0.15) is 0 Å². The zero-order valence-corrected chi connectivity index (χ0v) is 9.61. The van der Waals surface area contributed by atoms with Crippen LogP contribution < -0.4 is 5.73 Å². The maximum absolute atomic E-state index is 5.79. The SMILES string of the molecule is CCN(C)C(N)=NS(C)(C)CC. The van der Waals surface area contributed by atoms with E-state index >= 15 is 0 Å². The minimum Gasteiger partial charge on any atom is -0.369 e. The first-order chi connectivity index (χ1) is 5.43. The molecule has 4 heteroatoms. The van der Waals surface area contributed by atoms with E-state index < -0.39 is 10.2 Å². The predicted molar refractivity (Wildman–Crippen MR) is 59.9 cm³/mol. The molecule has 0 aliphatic heterocycles. The van der Waals surface area contributed by atoms with Crippen molar-refractivity contribution in [2.24, 2.45) is 10.1 Å². The lowest BCUT2D eigenvalue weighted by molar-refractivity contribution is 0.530. The van der Waals surface area contributed by atoms with Crippen LogP contribution in [-0.4, -0.2) is 42.7 Å². The molecule has 0 aliphatic carbocycles. The Morgan fingerprint density at radius 3 is 2.25 bits per heavy atom. The van der Waals surface area contributed by atoms with Crippen LogP contribution in [0.3, 0.4) is 0 Å². The smallest absolute Gasteiger partial charge is 0.201 e. The van der Waals surface area contributed by atoms with Gasteiger partial charge in [-0.05, 0) is 25.2 Å². The lowest BCUT2D eigenvalue weighted by Gasteiger charge is -2.26. The molecule has 0 aromatic carbocycles. The number of nitrogens with two attached hydrogens (primary N) is 1. The number of hydrogen-bond donors (Lipinski definition) is 1. The molecule has 0 heterocycles. The van der Waals surface area contributed by atoms with Gasteiger partial charge in [-0.3, -0.25) is 0 Å². The molecule has 0 unspecified atom stereocenters. The van der Waals surface area contributed by atoms with Crippen molar-refractivity contribution in [2.45, 2.75) is 13.8 Å². The molecule has 3 nitrogen and oxygen atoms in total. The van der Waals surface area contributed by atoms with Gasteiger partial charge in [-0.15, -0.1) is 10.2 Å². The molecule has 0 saturated carbocycles. The molecule has 0 fully saturated rings. The van der Waals surface area contributed by atoms with Gasteiger partial charge in [-0.1, -0.05) is 6.92 Å². The lowest BCUT2D eigenvalue weighted by Crippen LogP contribution is -2.34. The van der Waals surface area contributed by atoms with E-state index in [9.17, 15) is 0 Å². The average Bonchev–Trinajstić information content (AvgIpc) is 2.02. The molecule has 0 spiro atoms. The summed E-state index contributed by atoms with van der Waals surface area (Å²) in [4.78, 5) is 1.96. The van der Waals surface area contributed by atoms with Gasteiger partial charge >= 0.3 is 0 Å². The standard InChI is InChI=1S/C8H21N3S/c1-6-11(3)8(9)10-12(4,5)7-2/h6-7H2,1-5H3,(H2,9,10). The third kappa shape index (κ3) is 3.85. The quantitative estimate of drug-likeness (QED) is 0.539. The van der Waals surface area contributed by atoms with Crippen LogP contribution in [0.4, 0.5) is 0 Å². The molecule has 2 N–H and O–H groups in total. The monoisotopic (exact) mass is 191 g/mol. The van der Waals surface area contributed by atoms with E-state index in [4.69, 9.17) is 5.73 Å². The molecule has 0 saturated heterocycles. The van der Waals surface area contributed by atoms with Crippen LogP contribution in [0.2, 0.25) is 0 Å². The first-order valence-corrected chi connectivity index (χ1v) is 6.78. The average molecular weight is 191 g/mol. The summed E-state index contributed by atoms with van der Waals surface area (Å²) in [6.07, 6.45) is 4.34. The molecule has 0 radical (unpaired) electrons. The van der Waals surface area contributed by atoms with Crippen LogP contribution in [0.1, 0.15) is 13.8 Å². The fourth-order valence-corrected chi connectivity index (χ4v) is 1.32. The lowest BCUT2D eigenvalue weighted by atomic mass is 10.6. The fourth-order valence-electron chi connectivity index (χ4n) is 0.549. The highest BCUT2D eigenvalue weighted by Gasteiger charge is 2.08. The van der Waals surface area contributed by atoms with E-state index in [2.05, 4.69) is 30.8 Å². The molecule has 74 valence electrons. The Balaban J connectivity index is 4.33. The van der Waals surface area contributed by atoms with Crippen LogP contribution in [-0.2, 0) is 0 Å². The Labute approximate surface area is 77.5 Å². The molecule has 0 aliphatic rings. The van der Waals surface area contributed by atoms with Crippen LogP contribution in [0, 0.1) is 0 Å². The van der Waals surface area contributed by atoms with Gasteiger partial charge in [0.05, 0.1) is 0 Å². The highest BCUT2D eigenvalue weighted by atomic mass is 32.3. The second-order valence-corrected chi connectivity index (χ2v) is 6.95. The highest BCUT2D eigenvalue weighted by molar-refractivity contribution is 8.31. The fraction of sp³-hybridized carbons (Fsp3) is 0.875. The predicted octanol–water partition coefficient (Wildman–Crippen LogP) is 1.25. The molecule has 12 heavy (non-hydrogen) atoms. The maximum Gasteiger partial charge on any atom is 0.201 e. The largest absolute Gasteiger partial charge is 0.369 e. The second kappa shape index (κ2) is 4.60. The van der Waals surface area contributed by atoms with Gasteiger partial charge in [0.15, 0.2) is 0 Å². The Kier molecular flexibility index (Phi) is 4.45. The zero-order chi connectivity index (χ0) is 9.78. The second-order valence-electron chi connectivity index (χ2n) is 3.23. The van der Waals surface area contributed by atoms with Gasteiger partial charge in [0.1, 0.15) is 0 Å². The zero-order valence-electron chi connectivity index (χ0n) is 8.79. The normalized spacial score (nSPS) is 14.6. The van der Waals surface area contributed by atoms with Crippen molar-refractivity contribution in [2.75, 3.05) is 31.9 Å². The Hall–Kier alpha value is -0.380. The van der Waals surface area contributed by atoms with E-state index in [0.717, 1.165) is 12.3 Å². The first kappa shape index (κ1) is 11.6. The van der Waals surface area contributed by atoms with Gasteiger partial charge in [0.25, 0.3) is 0 Å². The summed E-state index contributed by atoms with van der Waals surface area (Å²) in [7, 11) is 1.11. The van der Waals surface area contributed by atoms with E-state index in [1.807, 2.05) is 11.9 Å². The molecule has 0 aromatic rings. The van der Waals surface area contributed by atoms with E-state index in [1.54, 1.807) is 0 Å². The molecule has 0 rings (SSSR count). The third-order valence-corrected chi connectivity index (χ3v) is 4.01. The van der Waals surface area contributed by atoms with Crippen LogP contribution in [0.5, 0.6) is 0 Å². The Morgan fingerprint density at radius 1 is 1.42 bits per heavy atom. The number of nitrogens with zero attached hydrogens (tertiary/aromatic N) is 2. The van der Waals surface area contributed by atoms with Crippen molar-refractivity contribution in [1.82, 2.24) is 4.90 Å². The van der Waals surface area contributed by atoms with Gasteiger partial charge in [0.2, 0.25) is 5.96 Å². The van der Waals surface area contributed by atoms with Crippen molar-refractivity contribution in [3.8, 4) is 0 Å². The first-order valence-electron chi connectivity index (χ1n) is 4.20. The molecular weight excluding hydrogens is 170 g/mol. The highest BCUT2D eigenvalue weighted by Crippen LogP contribution is 2.40. The topological polar surface area (TPSA) is 41.6 Å². The van der Waals surface area contributed by atoms with Gasteiger partial charge < -0.3 is 10.6 Å². The van der Waals surface area contributed by atoms with Crippen molar-refractivity contribution in [3.63, 3.8) is 0 Å². The number of rotatable bonds is 3. The summed E-state index contributed by atoms with van der Waals surface area (Å²) in [5.41, 5.74) is 5.79. The minimum atomic E-state index is -0.853. The Bertz CT molecular complexity index is 166. The molecular formula is C8H21N3S. The summed E-state index contributed by atoms with van der Waals surface area (Å²) in [5, 5.41) is 0. The van der Waals surface area contributed by atoms with Crippen molar-refractivity contribution < 1.29 is 0 Å². The summed E-state index contributed by atoms with van der Waals surface area (Å²) in [6.45, 7) is 5.13. The summed E-state index contributed by atoms with van der Waals surface area (Å²) >= 11 is 0. The van der Waals surface area contributed by atoms with Crippen LogP contribution >= 0.6 is 10.2 Å². The Morgan fingerprint density at radius 2 is 1.92 bits per heavy atom. The molecule has 0 bridgehead atoms. The van der Waals surface area contributed by atoms with E-state index in [-0.39, 0.29) is 0 Å². The third-order valence-electron chi connectivity index (χ3n) is 1.91. The minimum absolute atomic E-state index is 0.666. The molecule has 0 atom stereocenters. The summed E-state index contributed by atoms with van der Waals surface area (Å²) in [6, 6.07) is 0. The van der Waals surface area contributed by atoms with Crippen molar-refractivity contribution in [1.29, 1.82) is 0 Å². The van der Waals surface area contributed by atoms with Crippen molar-refractivity contribution >= 4 is 16.2 Å². The van der Waals surface area contributed by atoms with Gasteiger partial charge in [-0.25, -0.2) is 4.40 Å². The van der Waals surface area contributed by atoms with Gasteiger partial charge in [0, 0.05) is 13.6 Å². The van der Waals surface area contributed by atoms with E-state index in [0.29, 0.717) is 5.96 Å².